The minimum atomic E-state index is 0.397. The molecule has 0 aromatic rings. The molecule has 3 heteroatoms. The number of carbonyl (C=O) groups excluding carboxylic acids is 1. The van der Waals surface area contributed by atoms with Crippen molar-refractivity contribution in [1.82, 2.24) is 4.90 Å². The molecule has 0 saturated heterocycles. The van der Waals surface area contributed by atoms with Gasteiger partial charge in [0.2, 0.25) is 5.91 Å². The van der Waals surface area contributed by atoms with Gasteiger partial charge in [-0.2, -0.15) is 0 Å². The molecule has 0 spiro atoms. The van der Waals surface area contributed by atoms with Crippen LogP contribution in [0.15, 0.2) is 0 Å². The average molecular weight is 354 g/mol. The highest BCUT2D eigenvalue weighted by molar-refractivity contribution is 9.09. The summed E-state index contributed by atoms with van der Waals surface area (Å²) in [6.07, 6.45) is 11.9. The number of nitrogens with zero attached hydrogens (tertiary/aromatic N) is 1. The Morgan fingerprint density at radius 3 is 2.10 bits per heavy atom. The maximum Gasteiger partial charge on any atom is 0.226 e. The summed E-state index contributed by atoms with van der Waals surface area (Å²) in [6, 6.07) is 0.578. The molecule has 5 rings (SSSR count). The molecular formula is C18H28BrNO. The van der Waals surface area contributed by atoms with Crippen LogP contribution in [0.4, 0.5) is 0 Å². The summed E-state index contributed by atoms with van der Waals surface area (Å²) in [4.78, 5) is 15.6. The number of halogens is 1. The molecule has 2 nitrogen and oxygen atoms in total. The molecule has 0 aromatic carbocycles. The fraction of sp³-hybridized carbons (Fsp3) is 0.944. The highest BCUT2D eigenvalue weighted by Crippen LogP contribution is 2.57. The molecule has 5 aliphatic carbocycles. The van der Waals surface area contributed by atoms with E-state index in [1.807, 2.05) is 0 Å². The van der Waals surface area contributed by atoms with E-state index in [0.29, 0.717) is 17.9 Å². The van der Waals surface area contributed by atoms with Crippen LogP contribution in [-0.2, 0) is 4.79 Å². The normalized spacial score (nSPS) is 41.1. The van der Waals surface area contributed by atoms with Crippen LogP contribution in [0.3, 0.4) is 0 Å². The molecule has 0 aromatic heterocycles. The van der Waals surface area contributed by atoms with Crippen molar-refractivity contribution >= 4 is 21.8 Å². The van der Waals surface area contributed by atoms with Gasteiger partial charge in [-0.15, -0.1) is 0 Å². The molecule has 5 saturated carbocycles. The second-order valence-electron chi connectivity index (χ2n) is 8.12. The monoisotopic (exact) mass is 353 g/mol. The quantitative estimate of drug-likeness (QED) is 0.677. The Hall–Kier alpha value is -0.0500. The second kappa shape index (κ2) is 5.86. The van der Waals surface area contributed by atoms with E-state index in [1.165, 1.54) is 51.4 Å². The predicted octanol–water partition coefficient (Wildman–Crippen LogP) is 4.22. The SMILES string of the molecule is O=C(C1C2CC3CC(C2)CC1C3)N(CCCBr)C1CCC1. The zero-order chi connectivity index (χ0) is 14.4. The van der Waals surface area contributed by atoms with Crippen molar-refractivity contribution in [3.8, 4) is 0 Å². The zero-order valence-corrected chi connectivity index (χ0v) is 14.6. The number of alkyl halides is 1. The van der Waals surface area contributed by atoms with Gasteiger partial charge in [0.25, 0.3) is 0 Å². The first-order valence-corrected chi connectivity index (χ1v) is 10.2. The first-order chi connectivity index (χ1) is 10.3. The summed E-state index contributed by atoms with van der Waals surface area (Å²) in [7, 11) is 0. The summed E-state index contributed by atoms with van der Waals surface area (Å²) in [5.74, 6) is 4.36. The van der Waals surface area contributed by atoms with E-state index in [1.54, 1.807) is 0 Å². The molecule has 5 fully saturated rings. The molecule has 5 aliphatic rings. The smallest absolute Gasteiger partial charge is 0.226 e. The summed E-state index contributed by atoms with van der Waals surface area (Å²) in [6.45, 7) is 0.984. The fourth-order valence-electron chi connectivity index (χ4n) is 5.92. The lowest BCUT2D eigenvalue weighted by atomic mass is 9.51. The lowest BCUT2D eigenvalue weighted by Crippen LogP contribution is -2.55. The van der Waals surface area contributed by atoms with Gasteiger partial charge in [0.15, 0.2) is 0 Å². The highest BCUT2D eigenvalue weighted by atomic mass is 79.9. The highest BCUT2D eigenvalue weighted by Gasteiger charge is 2.52. The summed E-state index contributed by atoms with van der Waals surface area (Å²) >= 11 is 3.54. The van der Waals surface area contributed by atoms with E-state index in [2.05, 4.69) is 20.8 Å². The number of amides is 1. The Balaban J connectivity index is 1.49. The van der Waals surface area contributed by atoms with Crippen LogP contribution < -0.4 is 0 Å². The molecule has 0 radical (unpaired) electrons. The zero-order valence-electron chi connectivity index (χ0n) is 13.0. The van der Waals surface area contributed by atoms with Gasteiger partial charge >= 0.3 is 0 Å². The second-order valence-corrected chi connectivity index (χ2v) is 8.91. The van der Waals surface area contributed by atoms with Crippen LogP contribution in [-0.4, -0.2) is 28.7 Å². The van der Waals surface area contributed by atoms with E-state index in [0.717, 1.165) is 42.0 Å². The van der Waals surface area contributed by atoms with Gasteiger partial charge < -0.3 is 4.90 Å². The van der Waals surface area contributed by atoms with Crippen LogP contribution in [0, 0.1) is 29.6 Å². The van der Waals surface area contributed by atoms with Crippen LogP contribution in [0.5, 0.6) is 0 Å². The number of hydrogen-bond donors (Lipinski definition) is 0. The lowest BCUT2D eigenvalue weighted by molar-refractivity contribution is -0.153. The molecular weight excluding hydrogens is 326 g/mol. The molecule has 0 aliphatic heterocycles. The van der Waals surface area contributed by atoms with Crippen LogP contribution in [0.2, 0.25) is 0 Å². The van der Waals surface area contributed by atoms with Gasteiger partial charge in [-0.1, -0.05) is 15.9 Å². The molecule has 0 heterocycles. The summed E-state index contributed by atoms with van der Waals surface area (Å²) in [5.41, 5.74) is 0. The van der Waals surface area contributed by atoms with Gasteiger partial charge in [-0.25, -0.2) is 0 Å². The van der Waals surface area contributed by atoms with Crippen molar-refractivity contribution in [3.05, 3.63) is 0 Å². The molecule has 118 valence electrons. The van der Waals surface area contributed by atoms with Gasteiger partial charge in [0.1, 0.15) is 0 Å². The Bertz CT molecular complexity index is 378. The van der Waals surface area contributed by atoms with Crippen molar-refractivity contribution in [2.24, 2.45) is 29.6 Å². The number of hydrogen-bond acceptors (Lipinski definition) is 1. The maximum absolute atomic E-state index is 13.3. The van der Waals surface area contributed by atoms with Crippen molar-refractivity contribution in [2.75, 3.05) is 11.9 Å². The van der Waals surface area contributed by atoms with Gasteiger partial charge in [0.05, 0.1) is 0 Å². The minimum Gasteiger partial charge on any atom is -0.339 e. The topological polar surface area (TPSA) is 20.3 Å². The molecule has 21 heavy (non-hydrogen) atoms. The Labute approximate surface area is 137 Å². The number of rotatable bonds is 5. The number of carbonyl (C=O) groups is 1. The van der Waals surface area contributed by atoms with Gasteiger partial charge in [0, 0.05) is 23.8 Å². The minimum absolute atomic E-state index is 0.397. The lowest BCUT2D eigenvalue weighted by Gasteiger charge is -2.55. The third kappa shape index (κ3) is 2.58. The van der Waals surface area contributed by atoms with E-state index in [4.69, 9.17) is 0 Å². The van der Waals surface area contributed by atoms with Crippen molar-refractivity contribution in [3.63, 3.8) is 0 Å². The van der Waals surface area contributed by atoms with Gasteiger partial charge in [-0.05, 0) is 81.5 Å². The summed E-state index contributed by atoms with van der Waals surface area (Å²) in [5, 5.41) is 1.02. The van der Waals surface area contributed by atoms with E-state index >= 15 is 0 Å². The standard InChI is InChI=1S/C18H28BrNO/c19-5-2-6-20(16-3-1-4-16)18(21)17-14-8-12-7-13(10-14)11-15(17)9-12/h12-17H,1-11H2. The summed E-state index contributed by atoms with van der Waals surface area (Å²) < 4.78 is 0. The molecule has 0 unspecified atom stereocenters. The predicted molar refractivity (Wildman–Crippen MR) is 88.3 cm³/mol. The molecule has 1 amide bonds. The Kier molecular flexibility index (Phi) is 4.06. The first-order valence-electron chi connectivity index (χ1n) is 9.12. The van der Waals surface area contributed by atoms with E-state index in [9.17, 15) is 4.79 Å². The maximum atomic E-state index is 13.3. The van der Waals surface area contributed by atoms with E-state index < -0.39 is 0 Å². The third-order valence-corrected chi connectivity index (χ3v) is 7.40. The van der Waals surface area contributed by atoms with Gasteiger partial charge in [-0.3, -0.25) is 4.79 Å². The van der Waals surface area contributed by atoms with E-state index in [-0.39, 0.29) is 0 Å². The molecule has 0 N–H and O–H groups in total. The molecule has 4 bridgehead atoms. The van der Waals surface area contributed by atoms with Crippen molar-refractivity contribution < 1.29 is 4.79 Å². The van der Waals surface area contributed by atoms with Crippen LogP contribution in [0.1, 0.15) is 57.8 Å². The van der Waals surface area contributed by atoms with Crippen molar-refractivity contribution in [2.45, 2.75) is 63.8 Å². The Morgan fingerprint density at radius 1 is 1.00 bits per heavy atom. The van der Waals surface area contributed by atoms with Crippen LogP contribution >= 0.6 is 15.9 Å². The largest absolute Gasteiger partial charge is 0.339 e. The average Bonchev–Trinajstić information content (AvgIpc) is 2.39. The van der Waals surface area contributed by atoms with Crippen molar-refractivity contribution in [1.29, 1.82) is 0 Å². The molecule has 0 atom stereocenters. The fourth-order valence-corrected chi connectivity index (χ4v) is 6.17. The van der Waals surface area contributed by atoms with Crippen LogP contribution in [0.25, 0.3) is 0 Å². The Morgan fingerprint density at radius 2 is 1.62 bits per heavy atom. The third-order valence-electron chi connectivity index (χ3n) is 6.84. The first kappa shape index (κ1) is 14.5.